The minimum Gasteiger partial charge on any atom is -0.349 e. The minimum atomic E-state index is -3.74. The smallest absolute Gasteiger partial charge is 0.243 e. The maximum atomic E-state index is 13.1. The molecule has 2 atom stereocenters. The lowest BCUT2D eigenvalue weighted by molar-refractivity contribution is -0.126. The van der Waals surface area contributed by atoms with Gasteiger partial charge >= 0.3 is 0 Å². The molecule has 0 bridgehead atoms. The first-order chi connectivity index (χ1) is 13.4. The standard InChI is InChI=1S/C21H25FN2O3S/c1-2-20(16-7-4-3-5-8-16)23-21(25)17-9-6-14-24(15-17)28(26,27)19-12-10-18(22)11-13-19/h3-5,7-8,10-13,17,20H,2,6,9,14-15H2,1H3,(H,23,25). The third-order valence-electron chi connectivity index (χ3n) is 5.13. The number of carbonyl (C=O) groups is 1. The van der Waals surface area contributed by atoms with E-state index in [1.807, 2.05) is 37.3 Å². The lowest BCUT2D eigenvalue weighted by Gasteiger charge is -2.32. The van der Waals surface area contributed by atoms with E-state index in [9.17, 15) is 17.6 Å². The van der Waals surface area contributed by atoms with Gasteiger partial charge in [-0.05, 0) is 49.1 Å². The summed E-state index contributed by atoms with van der Waals surface area (Å²) in [7, 11) is -3.74. The van der Waals surface area contributed by atoms with Gasteiger partial charge in [0.2, 0.25) is 15.9 Å². The van der Waals surface area contributed by atoms with Crippen molar-refractivity contribution >= 4 is 15.9 Å². The Morgan fingerprint density at radius 3 is 2.50 bits per heavy atom. The van der Waals surface area contributed by atoms with Crippen LogP contribution < -0.4 is 5.32 Å². The van der Waals surface area contributed by atoms with Crippen LogP contribution in [0.4, 0.5) is 4.39 Å². The molecular weight excluding hydrogens is 379 g/mol. The van der Waals surface area contributed by atoms with Gasteiger partial charge in [0, 0.05) is 13.1 Å². The SMILES string of the molecule is CCC(NC(=O)C1CCCN(S(=O)(=O)c2ccc(F)cc2)C1)c1ccccc1. The first-order valence-electron chi connectivity index (χ1n) is 9.53. The van der Waals surface area contributed by atoms with Crippen molar-refractivity contribution in [2.24, 2.45) is 5.92 Å². The average Bonchev–Trinajstić information content (AvgIpc) is 2.73. The molecule has 0 spiro atoms. The van der Waals surface area contributed by atoms with E-state index in [0.717, 1.165) is 24.1 Å². The van der Waals surface area contributed by atoms with Crippen molar-refractivity contribution in [1.82, 2.24) is 9.62 Å². The van der Waals surface area contributed by atoms with Crippen LogP contribution in [0.5, 0.6) is 0 Å². The fraction of sp³-hybridized carbons (Fsp3) is 0.381. The van der Waals surface area contributed by atoms with Crippen LogP contribution in [-0.2, 0) is 14.8 Å². The van der Waals surface area contributed by atoms with Crippen LogP contribution in [0.2, 0.25) is 0 Å². The molecule has 2 unspecified atom stereocenters. The van der Waals surface area contributed by atoms with Crippen molar-refractivity contribution in [2.45, 2.75) is 37.1 Å². The molecule has 1 aliphatic rings. The van der Waals surface area contributed by atoms with E-state index in [1.165, 1.54) is 16.4 Å². The van der Waals surface area contributed by atoms with Gasteiger partial charge in [0.25, 0.3) is 0 Å². The van der Waals surface area contributed by atoms with Gasteiger partial charge in [-0.3, -0.25) is 4.79 Å². The summed E-state index contributed by atoms with van der Waals surface area (Å²) in [4.78, 5) is 12.9. The number of hydrogen-bond acceptors (Lipinski definition) is 3. The Morgan fingerprint density at radius 1 is 1.18 bits per heavy atom. The molecule has 0 aromatic heterocycles. The molecule has 1 saturated heterocycles. The van der Waals surface area contributed by atoms with Crippen LogP contribution in [0.1, 0.15) is 37.8 Å². The highest BCUT2D eigenvalue weighted by molar-refractivity contribution is 7.89. The van der Waals surface area contributed by atoms with Crippen molar-refractivity contribution in [3.63, 3.8) is 0 Å². The van der Waals surface area contributed by atoms with Crippen molar-refractivity contribution in [2.75, 3.05) is 13.1 Å². The van der Waals surface area contributed by atoms with Crippen LogP contribution in [0, 0.1) is 11.7 Å². The highest BCUT2D eigenvalue weighted by atomic mass is 32.2. The molecule has 2 aromatic rings. The molecule has 1 aliphatic heterocycles. The van der Waals surface area contributed by atoms with Gasteiger partial charge in [-0.25, -0.2) is 12.8 Å². The molecule has 2 aromatic carbocycles. The van der Waals surface area contributed by atoms with Gasteiger partial charge in [0.15, 0.2) is 0 Å². The number of piperidine rings is 1. The quantitative estimate of drug-likeness (QED) is 0.801. The van der Waals surface area contributed by atoms with Crippen molar-refractivity contribution < 1.29 is 17.6 Å². The summed E-state index contributed by atoms with van der Waals surface area (Å²) in [6.07, 6.45) is 2.01. The molecule has 1 fully saturated rings. The van der Waals surface area contributed by atoms with E-state index < -0.39 is 21.8 Å². The number of sulfonamides is 1. The summed E-state index contributed by atoms with van der Waals surface area (Å²) in [5.74, 6) is -1.02. The zero-order chi connectivity index (χ0) is 20.1. The maximum Gasteiger partial charge on any atom is 0.243 e. The first-order valence-corrected chi connectivity index (χ1v) is 11.0. The number of carbonyl (C=O) groups excluding carboxylic acids is 1. The van der Waals surface area contributed by atoms with Gasteiger partial charge in [0.1, 0.15) is 5.82 Å². The average molecular weight is 405 g/mol. The number of amides is 1. The number of hydrogen-bond donors (Lipinski definition) is 1. The Morgan fingerprint density at radius 2 is 1.86 bits per heavy atom. The first kappa shape index (κ1) is 20.5. The zero-order valence-electron chi connectivity index (χ0n) is 15.8. The van der Waals surface area contributed by atoms with E-state index in [0.29, 0.717) is 19.4 Å². The third-order valence-corrected chi connectivity index (χ3v) is 7.01. The molecule has 7 heteroatoms. The topological polar surface area (TPSA) is 66.5 Å². The van der Waals surface area contributed by atoms with Crippen LogP contribution in [-0.4, -0.2) is 31.7 Å². The normalized spacial score (nSPS) is 19.1. The summed E-state index contributed by atoms with van der Waals surface area (Å²) < 4.78 is 40.1. The molecular formula is C21H25FN2O3S. The number of nitrogens with one attached hydrogen (secondary N) is 1. The predicted molar refractivity (Wildman–Crippen MR) is 105 cm³/mol. The van der Waals surface area contributed by atoms with Gasteiger partial charge in [-0.1, -0.05) is 37.3 Å². The Balaban J connectivity index is 1.70. The second-order valence-corrected chi connectivity index (χ2v) is 8.97. The number of halogens is 1. The fourth-order valence-corrected chi connectivity index (χ4v) is 5.05. The van der Waals surface area contributed by atoms with E-state index in [-0.39, 0.29) is 23.4 Å². The second kappa shape index (κ2) is 8.84. The van der Waals surface area contributed by atoms with E-state index >= 15 is 0 Å². The van der Waals surface area contributed by atoms with Crippen molar-refractivity contribution in [1.29, 1.82) is 0 Å². The molecule has 5 nitrogen and oxygen atoms in total. The van der Waals surface area contributed by atoms with Gasteiger partial charge < -0.3 is 5.32 Å². The summed E-state index contributed by atoms with van der Waals surface area (Å²) in [5.41, 5.74) is 1.03. The Hall–Kier alpha value is -2.25. The summed E-state index contributed by atoms with van der Waals surface area (Å²) in [6, 6.07) is 14.4. The summed E-state index contributed by atoms with van der Waals surface area (Å²) in [6.45, 7) is 2.50. The number of nitrogens with zero attached hydrogens (tertiary/aromatic N) is 1. The summed E-state index contributed by atoms with van der Waals surface area (Å²) >= 11 is 0. The molecule has 0 radical (unpaired) electrons. The van der Waals surface area contributed by atoms with Crippen LogP contribution in [0.25, 0.3) is 0 Å². The van der Waals surface area contributed by atoms with Crippen LogP contribution in [0.3, 0.4) is 0 Å². The maximum absolute atomic E-state index is 13.1. The van der Waals surface area contributed by atoms with E-state index in [1.54, 1.807) is 0 Å². The van der Waals surface area contributed by atoms with Crippen molar-refractivity contribution in [3.05, 3.63) is 66.0 Å². The molecule has 1 amide bonds. The molecule has 1 N–H and O–H groups in total. The Bertz CT molecular complexity index is 901. The lowest BCUT2D eigenvalue weighted by Crippen LogP contribution is -2.46. The Labute approximate surface area is 165 Å². The zero-order valence-corrected chi connectivity index (χ0v) is 16.7. The van der Waals surface area contributed by atoms with Crippen LogP contribution in [0.15, 0.2) is 59.5 Å². The number of rotatable bonds is 6. The molecule has 3 rings (SSSR count). The van der Waals surface area contributed by atoms with Crippen molar-refractivity contribution in [3.8, 4) is 0 Å². The molecule has 0 saturated carbocycles. The number of benzene rings is 2. The molecule has 0 aliphatic carbocycles. The van der Waals surface area contributed by atoms with Crippen LogP contribution >= 0.6 is 0 Å². The monoisotopic (exact) mass is 404 g/mol. The predicted octanol–water partition coefficient (Wildman–Crippen LogP) is 3.49. The van der Waals surface area contributed by atoms with Gasteiger partial charge in [0.05, 0.1) is 16.9 Å². The lowest BCUT2D eigenvalue weighted by atomic mass is 9.97. The highest BCUT2D eigenvalue weighted by Gasteiger charge is 2.33. The largest absolute Gasteiger partial charge is 0.349 e. The molecule has 150 valence electrons. The third kappa shape index (κ3) is 4.59. The van der Waals surface area contributed by atoms with E-state index in [4.69, 9.17) is 0 Å². The molecule has 28 heavy (non-hydrogen) atoms. The second-order valence-electron chi connectivity index (χ2n) is 7.04. The fourth-order valence-electron chi connectivity index (χ4n) is 3.53. The van der Waals surface area contributed by atoms with Gasteiger partial charge in [-0.2, -0.15) is 4.31 Å². The molecule has 1 heterocycles. The highest BCUT2D eigenvalue weighted by Crippen LogP contribution is 2.25. The van der Waals surface area contributed by atoms with Gasteiger partial charge in [-0.15, -0.1) is 0 Å². The minimum absolute atomic E-state index is 0.0469. The Kier molecular flexibility index (Phi) is 6.46. The van der Waals surface area contributed by atoms with E-state index in [2.05, 4.69) is 5.32 Å². The summed E-state index contributed by atoms with van der Waals surface area (Å²) in [5, 5.41) is 3.06.